The molecule has 0 heterocycles. The SMILES string of the molecule is CC.CCC[N+](=O)[O-]. The van der Waals surface area contributed by atoms with Gasteiger partial charge in [-0.15, -0.1) is 0 Å². The summed E-state index contributed by atoms with van der Waals surface area (Å²) < 4.78 is 0. The van der Waals surface area contributed by atoms with Crippen molar-refractivity contribution in [3.63, 3.8) is 0 Å². The molecular weight excluding hydrogens is 106 g/mol. The monoisotopic (exact) mass is 119 g/mol. The Bertz CT molecular complexity index is 54.4. The van der Waals surface area contributed by atoms with Crippen molar-refractivity contribution < 1.29 is 4.92 Å². The lowest BCUT2D eigenvalue weighted by atomic mass is 10.5. The van der Waals surface area contributed by atoms with Gasteiger partial charge in [0, 0.05) is 11.3 Å². The molecule has 8 heavy (non-hydrogen) atoms. The quantitative estimate of drug-likeness (QED) is 0.410. The molecule has 0 saturated heterocycles. The number of hydrogen-bond acceptors (Lipinski definition) is 2. The largest absolute Gasteiger partial charge is 0.265 e. The van der Waals surface area contributed by atoms with Gasteiger partial charge in [-0.25, -0.2) is 0 Å². The zero-order chi connectivity index (χ0) is 6.99. The van der Waals surface area contributed by atoms with Crippen molar-refractivity contribution in [1.29, 1.82) is 0 Å². The van der Waals surface area contributed by atoms with Gasteiger partial charge in [-0.2, -0.15) is 0 Å². The van der Waals surface area contributed by atoms with Gasteiger partial charge in [0.25, 0.3) is 0 Å². The molecule has 0 aliphatic heterocycles. The smallest absolute Gasteiger partial charge is 0.203 e. The van der Waals surface area contributed by atoms with Gasteiger partial charge in [-0.05, 0) is 0 Å². The van der Waals surface area contributed by atoms with Crippen LogP contribution in [0, 0.1) is 10.1 Å². The number of rotatable bonds is 2. The fraction of sp³-hybridized carbons (Fsp3) is 1.00. The van der Waals surface area contributed by atoms with Gasteiger partial charge in [0.1, 0.15) is 0 Å². The molecule has 0 rings (SSSR count). The molecule has 0 atom stereocenters. The molecule has 0 radical (unpaired) electrons. The van der Waals surface area contributed by atoms with E-state index in [1.54, 1.807) is 6.92 Å². The molecule has 0 aromatic heterocycles. The first-order valence-corrected chi connectivity index (χ1v) is 2.89. The Kier molecular flexibility index (Phi) is 12.5. The van der Waals surface area contributed by atoms with Crippen LogP contribution in [0.2, 0.25) is 0 Å². The third kappa shape index (κ3) is 18.2. The van der Waals surface area contributed by atoms with Gasteiger partial charge in [0.05, 0.1) is 0 Å². The van der Waals surface area contributed by atoms with Crippen LogP contribution in [0.3, 0.4) is 0 Å². The van der Waals surface area contributed by atoms with Crippen molar-refractivity contribution in [2.45, 2.75) is 27.2 Å². The lowest BCUT2D eigenvalue weighted by Gasteiger charge is -1.80. The number of nitrogens with zero attached hydrogens (tertiary/aromatic N) is 1. The molecule has 0 unspecified atom stereocenters. The second-order valence-electron chi connectivity index (χ2n) is 1.06. The van der Waals surface area contributed by atoms with Crippen LogP contribution in [0.4, 0.5) is 0 Å². The van der Waals surface area contributed by atoms with E-state index in [0.29, 0.717) is 6.42 Å². The molecule has 50 valence electrons. The Morgan fingerprint density at radius 1 is 1.50 bits per heavy atom. The summed E-state index contributed by atoms with van der Waals surface area (Å²) in [5.74, 6) is 0. The van der Waals surface area contributed by atoms with Gasteiger partial charge in [0.2, 0.25) is 6.54 Å². The average Bonchev–Trinajstić information content (AvgIpc) is 1.72. The van der Waals surface area contributed by atoms with E-state index in [0.717, 1.165) is 0 Å². The van der Waals surface area contributed by atoms with Gasteiger partial charge >= 0.3 is 0 Å². The predicted octanol–water partition coefficient (Wildman–Crippen LogP) is 1.70. The molecule has 0 N–H and O–H groups in total. The molecule has 0 saturated carbocycles. The van der Waals surface area contributed by atoms with E-state index >= 15 is 0 Å². The third-order valence-corrected chi connectivity index (χ3v) is 0.406. The van der Waals surface area contributed by atoms with Crippen LogP contribution < -0.4 is 0 Å². The minimum atomic E-state index is -0.319. The first-order chi connectivity index (χ1) is 3.77. The van der Waals surface area contributed by atoms with Crippen LogP contribution in [0.25, 0.3) is 0 Å². The van der Waals surface area contributed by atoms with Crippen molar-refractivity contribution >= 4 is 0 Å². The van der Waals surface area contributed by atoms with E-state index in [1.807, 2.05) is 13.8 Å². The fourth-order valence-electron chi connectivity index (χ4n) is 0.183. The van der Waals surface area contributed by atoms with E-state index in [-0.39, 0.29) is 11.5 Å². The summed E-state index contributed by atoms with van der Waals surface area (Å²) in [6.45, 7) is 5.88. The Balaban J connectivity index is 0. The van der Waals surface area contributed by atoms with E-state index in [9.17, 15) is 10.1 Å². The maximum Gasteiger partial charge on any atom is 0.203 e. The molecule has 0 spiro atoms. The molecule has 3 nitrogen and oxygen atoms in total. The van der Waals surface area contributed by atoms with Gasteiger partial charge in [0.15, 0.2) is 0 Å². The molecule has 0 fully saturated rings. The summed E-state index contributed by atoms with van der Waals surface area (Å²) >= 11 is 0. The van der Waals surface area contributed by atoms with E-state index in [1.165, 1.54) is 0 Å². The molecule has 0 amide bonds. The van der Waals surface area contributed by atoms with Gasteiger partial charge in [-0.1, -0.05) is 20.8 Å². The highest BCUT2D eigenvalue weighted by atomic mass is 16.6. The fourth-order valence-corrected chi connectivity index (χ4v) is 0.183. The molecule has 3 heteroatoms. The molecule has 0 aromatic carbocycles. The minimum Gasteiger partial charge on any atom is -0.265 e. The minimum absolute atomic E-state index is 0.0972. The third-order valence-electron chi connectivity index (χ3n) is 0.406. The summed E-state index contributed by atoms with van der Waals surface area (Å²) in [5.41, 5.74) is 0. The second kappa shape index (κ2) is 9.64. The summed E-state index contributed by atoms with van der Waals surface area (Å²) in [6, 6.07) is 0. The molecule has 0 bridgehead atoms. The van der Waals surface area contributed by atoms with Crippen LogP contribution in [0.1, 0.15) is 27.2 Å². The maximum atomic E-state index is 9.40. The van der Waals surface area contributed by atoms with Crippen molar-refractivity contribution in [3.05, 3.63) is 10.1 Å². The van der Waals surface area contributed by atoms with Crippen LogP contribution >= 0.6 is 0 Å². The van der Waals surface area contributed by atoms with Crippen LogP contribution in [0.15, 0.2) is 0 Å². The first kappa shape index (κ1) is 10.4. The Morgan fingerprint density at radius 2 is 1.88 bits per heavy atom. The molecular formula is C5H13NO2. The van der Waals surface area contributed by atoms with E-state index in [2.05, 4.69) is 0 Å². The lowest BCUT2D eigenvalue weighted by molar-refractivity contribution is -0.479. The Morgan fingerprint density at radius 3 is 1.88 bits per heavy atom. The van der Waals surface area contributed by atoms with Crippen LogP contribution in [0.5, 0.6) is 0 Å². The Labute approximate surface area is 49.9 Å². The highest BCUT2D eigenvalue weighted by Crippen LogP contribution is 1.72. The van der Waals surface area contributed by atoms with E-state index < -0.39 is 0 Å². The summed E-state index contributed by atoms with van der Waals surface area (Å²) in [7, 11) is 0. The summed E-state index contributed by atoms with van der Waals surface area (Å²) in [6.07, 6.45) is 0.632. The number of hydrogen-bond donors (Lipinski definition) is 0. The summed E-state index contributed by atoms with van der Waals surface area (Å²) in [5, 5.41) is 9.40. The van der Waals surface area contributed by atoms with Crippen molar-refractivity contribution in [2.24, 2.45) is 0 Å². The predicted molar refractivity (Wildman–Crippen MR) is 33.5 cm³/mol. The average molecular weight is 119 g/mol. The second-order valence-corrected chi connectivity index (χ2v) is 1.06. The van der Waals surface area contributed by atoms with Gasteiger partial charge < -0.3 is 0 Å². The summed E-state index contributed by atoms with van der Waals surface area (Å²) in [4.78, 5) is 9.09. The van der Waals surface area contributed by atoms with Gasteiger partial charge in [-0.3, -0.25) is 10.1 Å². The van der Waals surface area contributed by atoms with Crippen molar-refractivity contribution in [2.75, 3.05) is 6.54 Å². The first-order valence-electron chi connectivity index (χ1n) is 2.89. The highest BCUT2D eigenvalue weighted by molar-refractivity contribution is 4.18. The normalized spacial score (nSPS) is 6.88. The molecule has 0 aromatic rings. The van der Waals surface area contributed by atoms with Crippen molar-refractivity contribution in [1.82, 2.24) is 0 Å². The Hall–Kier alpha value is -0.600. The van der Waals surface area contributed by atoms with E-state index in [4.69, 9.17) is 0 Å². The zero-order valence-corrected chi connectivity index (χ0v) is 5.68. The molecule has 0 aliphatic rings. The highest BCUT2D eigenvalue weighted by Gasteiger charge is 1.85. The maximum absolute atomic E-state index is 9.40. The zero-order valence-electron chi connectivity index (χ0n) is 5.68. The number of nitro groups is 1. The molecule has 0 aliphatic carbocycles. The standard InChI is InChI=1S/C3H7NO2.C2H6/c1-2-3-4(5)6;1-2/h2-3H2,1H3;1-2H3. The lowest BCUT2D eigenvalue weighted by Crippen LogP contribution is -1.96. The van der Waals surface area contributed by atoms with Crippen LogP contribution in [-0.4, -0.2) is 11.5 Å². The van der Waals surface area contributed by atoms with Crippen LogP contribution in [-0.2, 0) is 0 Å². The van der Waals surface area contributed by atoms with Crippen molar-refractivity contribution in [3.8, 4) is 0 Å². The topological polar surface area (TPSA) is 43.1 Å².